The summed E-state index contributed by atoms with van der Waals surface area (Å²) in [6.07, 6.45) is 1.60. The molecule has 0 spiro atoms. The monoisotopic (exact) mass is 433 g/mol. The van der Waals surface area contributed by atoms with E-state index in [9.17, 15) is 9.59 Å². The molecule has 0 bridgehead atoms. The molecule has 0 aliphatic carbocycles. The Morgan fingerprint density at radius 1 is 0.935 bits per heavy atom. The van der Waals surface area contributed by atoms with E-state index in [1.807, 2.05) is 0 Å². The number of cyclic esters (lactones) is 1. The highest BCUT2D eigenvalue weighted by atomic mass is 35.5. The van der Waals surface area contributed by atoms with Gasteiger partial charge >= 0.3 is 11.9 Å². The van der Waals surface area contributed by atoms with Crippen LogP contribution in [0.15, 0.2) is 83.5 Å². The summed E-state index contributed by atoms with van der Waals surface area (Å²) in [7, 11) is 1.55. The van der Waals surface area contributed by atoms with Gasteiger partial charge in [0.05, 0.1) is 12.7 Å². The summed E-state index contributed by atoms with van der Waals surface area (Å²) in [5.41, 5.74) is 1.94. The lowest BCUT2D eigenvalue weighted by Crippen LogP contribution is -2.08. The summed E-state index contributed by atoms with van der Waals surface area (Å²) in [5.74, 6) is 0.229. The van der Waals surface area contributed by atoms with Crippen molar-refractivity contribution in [3.05, 3.63) is 100 Å². The molecule has 31 heavy (non-hydrogen) atoms. The quantitative estimate of drug-likeness (QED) is 0.324. The zero-order chi connectivity index (χ0) is 21.8. The molecule has 7 heteroatoms. The van der Waals surface area contributed by atoms with E-state index in [1.54, 1.807) is 86.0 Å². The number of ether oxygens (including phenoxy) is 3. The molecule has 0 unspecified atom stereocenters. The molecular formula is C24H16ClNO5. The summed E-state index contributed by atoms with van der Waals surface area (Å²) in [5, 5.41) is 0.581. The Bertz CT molecular complexity index is 1180. The van der Waals surface area contributed by atoms with Crippen LogP contribution < -0.4 is 9.47 Å². The first-order chi connectivity index (χ1) is 15.0. The number of rotatable bonds is 5. The zero-order valence-corrected chi connectivity index (χ0v) is 17.1. The second-order valence-electron chi connectivity index (χ2n) is 6.53. The second kappa shape index (κ2) is 8.85. The fourth-order valence-electron chi connectivity index (χ4n) is 2.81. The standard InChI is InChI=1S/C24H16ClNO5/c1-29-19-12-6-17(7-13-19)23(27)30-20-10-2-15(3-11-20)14-21-24(28)31-22(26-21)16-4-8-18(25)9-5-16/h2-14H,1H3. The lowest BCUT2D eigenvalue weighted by atomic mass is 10.2. The smallest absolute Gasteiger partial charge is 0.363 e. The van der Waals surface area contributed by atoms with Crippen molar-refractivity contribution in [1.29, 1.82) is 0 Å². The van der Waals surface area contributed by atoms with Gasteiger partial charge in [-0.3, -0.25) is 0 Å². The maximum absolute atomic E-state index is 12.2. The van der Waals surface area contributed by atoms with Crippen LogP contribution in [0.25, 0.3) is 6.08 Å². The number of halogens is 1. The fraction of sp³-hybridized carbons (Fsp3) is 0.0417. The summed E-state index contributed by atoms with van der Waals surface area (Å²) < 4.78 is 15.7. The molecule has 0 N–H and O–H groups in total. The third kappa shape index (κ3) is 4.82. The normalized spacial score (nSPS) is 14.2. The Morgan fingerprint density at radius 3 is 2.23 bits per heavy atom. The van der Waals surface area contributed by atoms with Crippen molar-refractivity contribution in [3.8, 4) is 11.5 Å². The third-order valence-corrected chi connectivity index (χ3v) is 4.68. The predicted molar refractivity (Wildman–Crippen MR) is 116 cm³/mol. The highest BCUT2D eigenvalue weighted by Gasteiger charge is 2.24. The molecule has 4 rings (SSSR count). The number of methoxy groups -OCH3 is 1. The molecular weight excluding hydrogens is 418 g/mol. The van der Waals surface area contributed by atoms with Gasteiger partial charge in [0, 0.05) is 10.6 Å². The number of hydrogen-bond donors (Lipinski definition) is 0. The van der Waals surface area contributed by atoms with Crippen LogP contribution in [0, 0.1) is 0 Å². The summed E-state index contributed by atoms with van der Waals surface area (Å²) in [6.45, 7) is 0. The zero-order valence-electron chi connectivity index (χ0n) is 16.4. The Kier molecular flexibility index (Phi) is 5.82. The van der Waals surface area contributed by atoms with E-state index < -0.39 is 11.9 Å². The van der Waals surface area contributed by atoms with E-state index in [0.29, 0.717) is 33.2 Å². The van der Waals surface area contributed by atoms with Crippen LogP contribution in [0.5, 0.6) is 11.5 Å². The van der Waals surface area contributed by atoms with Crippen LogP contribution >= 0.6 is 11.6 Å². The molecule has 3 aromatic carbocycles. The number of carbonyl (C=O) groups excluding carboxylic acids is 2. The van der Waals surface area contributed by atoms with Gasteiger partial charge in [-0.2, -0.15) is 0 Å². The van der Waals surface area contributed by atoms with Crippen LogP contribution in [-0.4, -0.2) is 24.9 Å². The van der Waals surface area contributed by atoms with E-state index in [-0.39, 0.29) is 11.6 Å². The molecule has 0 fully saturated rings. The van der Waals surface area contributed by atoms with Crippen molar-refractivity contribution < 1.29 is 23.8 Å². The number of carbonyl (C=O) groups is 2. The van der Waals surface area contributed by atoms with Gasteiger partial charge in [-0.05, 0) is 72.3 Å². The first-order valence-electron chi connectivity index (χ1n) is 9.26. The first-order valence-corrected chi connectivity index (χ1v) is 9.64. The molecule has 154 valence electrons. The molecule has 0 saturated carbocycles. The van der Waals surface area contributed by atoms with Crippen LogP contribution in [-0.2, 0) is 9.53 Å². The second-order valence-corrected chi connectivity index (χ2v) is 6.97. The van der Waals surface area contributed by atoms with Crippen LogP contribution in [0.4, 0.5) is 0 Å². The van der Waals surface area contributed by atoms with Gasteiger partial charge in [-0.15, -0.1) is 0 Å². The largest absolute Gasteiger partial charge is 0.497 e. The van der Waals surface area contributed by atoms with Crippen LogP contribution in [0.2, 0.25) is 5.02 Å². The molecule has 0 radical (unpaired) electrons. The van der Waals surface area contributed by atoms with E-state index in [2.05, 4.69) is 4.99 Å². The van der Waals surface area contributed by atoms with E-state index in [1.165, 1.54) is 0 Å². The van der Waals surface area contributed by atoms with Crippen LogP contribution in [0.3, 0.4) is 0 Å². The van der Waals surface area contributed by atoms with Crippen molar-refractivity contribution in [3.63, 3.8) is 0 Å². The van der Waals surface area contributed by atoms with Crippen molar-refractivity contribution in [2.24, 2.45) is 4.99 Å². The first kappa shape index (κ1) is 20.4. The van der Waals surface area contributed by atoms with Crippen LogP contribution in [0.1, 0.15) is 21.5 Å². The van der Waals surface area contributed by atoms with Crippen molar-refractivity contribution in [2.45, 2.75) is 0 Å². The molecule has 0 atom stereocenters. The predicted octanol–water partition coefficient (Wildman–Crippen LogP) is 4.91. The average Bonchev–Trinajstić information content (AvgIpc) is 3.15. The van der Waals surface area contributed by atoms with Gasteiger partial charge in [0.25, 0.3) is 0 Å². The fourth-order valence-corrected chi connectivity index (χ4v) is 2.93. The number of benzene rings is 3. The van der Waals surface area contributed by atoms with Gasteiger partial charge in [0.15, 0.2) is 5.70 Å². The Hall–Kier alpha value is -3.90. The highest BCUT2D eigenvalue weighted by molar-refractivity contribution is 6.30. The molecule has 0 amide bonds. The minimum absolute atomic E-state index is 0.174. The number of hydrogen-bond acceptors (Lipinski definition) is 6. The number of esters is 2. The van der Waals surface area contributed by atoms with Gasteiger partial charge < -0.3 is 14.2 Å². The number of aliphatic imine (C=N–C) groups is 1. The van der Waals surface area contributed by atoms with Gasteiger partial charge in [0.2, 0.25) is 5.90 Å². The molecule has 0 aromatic heterocycles. The number of nitrogens with zero attached hydrogens (tertiary/aromatic N) is 1. The Labute approximate surface area is 183 Å². The maximum Gasteiger partial charge on any atom is 0.363 e. The lowest BCUT2D eigenvalue weighted by molar-refractivity contribution is -0.129. The van der Waals surface area contributed by atoms with Gasteiger partial charge in [-0.1, -0.05) is 23.7 Å². The molecule has 3 aromatic rings. The Morgan fingerprint density at radius 2 is 1.58 bits per heavy atom. The highest BCUT2D eigenvalue weighted by Crippen LogP contribution is 2.22. The SMILES string of the molecule is COc1ccc(C(=O)Oc2ccc(C=C3N=C(c4ccc(Cl)cc4)OC3=O)cc2)cc1. The van der Waals surface area contributed by atoms with Crippen molar-refractivity contribution >= 4 is 35.5 Å². The van der Waals surface area contributed by atoms with E-state index >= 15 is 0 Å². The molecule has 6 nitrogen and oxygen atoms in total. The average molecular weight is 434 g/mol. The molecule has 1 heterocycles. The molecule has 1 aliphatic heterocycles. The molecule has 1 aliphatic rings. The lowest BCUT2D eigenvalue weighted by Gasteiger charge is -2.05. The van der Waals surface area contributed by atoms with E-state index in [0.717, 1.165) is 0 Å². The minimum Gasteiger partial charge on any atom is -0.497 e. The minimum atomic E-state index is -0.542. The third-order valence-electron chi connectivity index (χ3n) is 4.43. The molecule has 0 saturated heterocycles. The van der Waals surface area contributed by atoms with E-state index in [4.69, 9.17) is 25.8 Å². The summed E-state index contributed by atoms with van der Waals surface area (Å²) in [4.78, 5) is 28.6. The van der Waals surface area contributed by atoms with Crippen molar-refractivity contribution in [1.82, 2.24) is 0 Å². The van der Waals surface area contributed by atoms with Crippen molar-refractivity contribution in [2.75, 3.05) is 7.11 Å². The summed E-state index contributed by atoms with van der Waals surface area (Å²) in [6, 6.07) is 20.2. The maximum atomic E-state index is 12.2. The topological polar surface area (TPSA) is 74.2 Å². The van der Waals surface area contributed by atoms with Gasteiger partial charge in [-0.25, -0.2) is 14.6 Å². The Balaban J connectivity index is 1.46. The summed E-state index contributed by atoms with van der Waals surface area (Å²) >= 11 is 5.88. The van der Waals surface area contributed by atoms with Gasteiger partial charge in [0.1, 0.15) is 11.5 Å².